The van der Waals surface area contributed by atoms with Gasteiger partial charge in [-0.1, -0.05) is 11.6 Å². The normalized spacial score (nSPS) is 21.1. The molecule has 0 spiro atoms. The maximum Gasteiger partial charge on any atom is 0.408 e. The van der Waals surface area contributed by atoms with Gasteiger partial charge in [0.1, 0.15) is 21.6 Å². The number of aliphatic hydroxyl groups is 1. The molecule has 0 radical (unpaired) electrons. The third-order valence-corrected chi connectivity index (χ3v) is 8.83. The van der Waals surface area contributed by atoms with Gasteiger partial charge in [-0.3, -0.25) is 9.48 Å². The number of aryl methyl sites for hydroxylation is 1. The lowest BCUT2D eigenvalue weighted by Gasteiger charge is -2.35. The number of anilines is 1. The van der Waals surface area contributed by atoms with Gasteiger partial charge in [-0.15, -0.1) is 0 Å². The lowest BCUT2D eigenvalue weighted by Crippen LogP contribution is -2.47. The van der Waals surface area contributed by atoms with E-state index >= 15 is 0 Å². The van der Waals surface area contributed by atoms with E-state index in [1.54, 1.807) is 6.92 Å². The highest BCUT2D eigenvalue weighted by Gasteiger charge is 2.38. The molecule has 9 nitrogen and oxygen atoms in total. The van der Waals surface area contributed by atoms with E-state index < -0.39 is 38.8 Å². The molecule has 1 heterocycles. The van der Waals surface area contributed by atoms with Crippen LogP contribution in [0.5, 0.6) is 5.75 Å². The predicted molar refractivity (Wildman–Crippen MR) is 138 cm³/mol. The van der Waals surface area contributed by atoms with E-state index in [0.29, 0.717) is 30.6 Å². The third-order valence-electron chi connectivity index (χ3n) is 6.79. The molecule has 0 saturated heterocycles. The van der Waals surface area contributed by atoms with Crippen LogP contribution in [0.3, 0.4) is 0 Å². The standard InChI is InChI=1S/C24H32ClF3N4O5S/c1-5-32-21(17-7-6-15(12-18(17)37-3)30-14(2)24(26,27)28)19(25)20(31-32)22(33)29-13-23(34)10-8-16(9-11-23)38(4,35)36/h6-7,12,14,16,30,34H,5,8-11,13H2,1-4H3,(H,29,33)/t14?,16-,23-. The number of methoxy groups -OCH3 is 1. The number of ether oxygens (including phenoxy) is 1. The fraction of sp³-hybridized carbons (Fsp3) is 0.583. The maximum atomic E-state index is 13.0. The first-order chi connectivity index (χ1) is 17.6. The lowest BCUT2D eigenvalue weighted by molar-refractivity contribution is -0.138. The van der Waals surface area contributed by atoms with E-state index in [1.165, 1.54) is 36.2 Å². The Morgan fingerprint density at radius 2 is 1.97 bits per heavy atom. The van der Waals surface area contributed by atoms with Crippen LogP contribution in [0.1, 0.15) is 50.0 Å². The molecule has 1 saturated carbocycles. The van der Waals surface area contributed by atoms with Crippen molar-refractivity contribution in [3.8, 4) is 17.0 Å². The van der Waals surface area contributed by atoms with Crippen molar-refractivity contribution in [1.82, 2.24) is 15.1 Å². The number of alkyl halides is 3. The Hall–Kier alpha value is -2.51. The summed E-state index contributed by atoms with van der Waals surface area (Å²) in [7, 11) is -1.84. The monoisotopic (exact) mass is 580 g/mol. The average molecular weight is 581 g/mol. The highest BCUT2D eigenvalue weighted by molar-refractivity contribution is 7.91. The van der Waals surface area contributed by atoms with Gasteiger partial charge in [0.15, 0.2) is 5.69 Å². The number of nitrogens with one attached hydrogen (secondary N) is 2. The second-order valence-electron chi connectivity index (χ2n) is 9.59. The molecule has 1 fully saturated rings. The summed E-state index contributed by atoms with van der Waals surface area (Å²) >= 11 is 6.58. The highest BCUT2D eigenvalue weighted by atomic mass is 35.5. The molecule has 3 rings (SSSR count). The zero-order valence-corrected chi connectivity index (χ0v) is 23.1. The van der Waals surface area contributed by atoms with Crippen molar-refractivity contribution in [1.29, 1.82) is 0 Å². The largest absolute Gasteiger partial charge is 0.496 e. The Balaban J connectivity index is 1.81. The van der Waals surface area contributed by atoms with Crippen LogP contribution in [0.4, 0.5) is 18.9 Å². The second kappa shape index (κ2) is 11.3. The zero-order chi connectivity index (χ0) is 28.5. The molecule has 38 heavy (non-hydrogen) atoms. The molecular formula is C24H32ClF3N4O5S. The van der Waals surface area contributed by atoms with E-state index in [9.17, 15) is 31.5 Å². The van der Waals surface area contributed by atoms with Crippen LogP contribution < -0.4 is 15.4 Å². The number of carbonyl (C=O) groups is 1. The molecule has 1 aliphatic rings. The maximum absolute atomic E-state index is 13.0. The van der Waals surface area contributed by atoms with Crippen molar-refractivity contribution in [2.45, 2.75) is 69.1 Å². The fourth-order valence-electron chi connectivity index (χ4n) is 4.44. The van der Waals surface area contributed by atoms with Crippen molar-refractivity contribution < 1.29 is 36.2 Å². The van der Waals surface area contributed by atoms with Gasteiger partial charge in [0.05, 0.1) is 28.7 Å². The number of halogens is 4. The number of benzene rings is 1. The Kier molecular flexibility index (Phi) is 8.94. The van der Waals surface area contributed by atoms with E-state index in [1.807, 2.05) is 0 Å². The summed E-state index contributed by atoms with van der Waals surface area (Å²) in [6.07, 6.45) is -2.22. The summed E-state index contributed by atoms with van der Waals surface area (Å²) < 4.78 is 69.3. The molecule has 0 bridgehead atoms. The molecule has 2 aromatic rings. The van der Waals surface area contributed by atoms with Gasteiger partial charge in [0.2, 0.25) is 0 Å². The molecule has 3 N–H and O–H groups in total. The van der Waals surface area contributed by atoms with Crippen molar-refractivity contribution in [2.24, 2.45) is 0 Å². The molecule has 0 aliphatic heterocycles. The van der Waals surface area contributed by atoms with E-state index in [0.717, 1.165) is 6.92 Å². The van der Waals surface area contributed by atoms with Gasteiger partial charge in [-0.05, 0) is 51.7 Å². The lowest BCUT2D eigenvalue weighted by atomic mass is 9.84. The number of amides is 1. The Labute approximate surface area is 224 Å². The fourth-order valence-corrected chi connectivity index (χ4v) is 5.86. The minimum Gasteiger partial charge on any atom is -0.496 e. The van der Waals surface area contributed by atoms with Gasteiger partial charge in [-0.25, -0.2) is 8.42 Å². The van der Waals surface area contributed by atoms with E-state index in [-0.39, 0.29) is 41.5 Å². The van der Waals surface area contributed by atoms with Gasteiger partial charge >= 0.3 is 6.18 Å². The molecule has 1 aromatic heterocycles. The summed E-state index contributed by atoms with van der Waals surface area (Å²) in [6, 6.07) is 2.60. The van der Waals surface area contributed by atoms with Crippen LogP contribution >= 0.6 is 11.6 Å². The summed E-state index contributed by atoms with van der Waals surface area (Å²) in [4.78, 5) is 13.0. The molecule has 1 unspecified atom stereocenters. The zero-order valence-electron chi connectivity index (χ0n) is 21.5. The van der Waals surface area contributed by atoms with Crippen LogP contribution in [0.15, 0.2) is 18.2 Å². The SMILES string of the molecule is CCn1nc(C(=O)NC[C@]2(O)CC[C@H](S(C)(=O)=O)CC2)c(Cl)c1-c1ccc(NC(C)C(F)(F)F)cc1OC. The molecule has 1 aromatic carbocycles. The van der Waals surface area contributed by atoms with Gasteiger partial charge in [0, 0.05) is 36.7 Å². The summed E-state index contributed by atoms with van der Waals surface area (Å²) in [5.41, 5.74) is -0.385. The first kappa shape index (κ1) is 30.0. The van der Waals surface area contributed by atoms with Gasteiger partial charge < -0.3 is 20.5 Å². The second-order valence-corrected chi connectivity index (χ2v) is 12.3. The molecule has 1 amide bonds. The van der Waals surface area contributed by atoms with Crippen LogP contribution in [0.2, 0.25) is 5.02 Å². The summed E-state index contributed by atoms with van der Waals surface area (Å²) in [6.45, 7) is 3.01. The van der Waals surface area contributed by atoms with E-state index in [4.69, 9.17) is 16.3 Å². The number of hydrogen-bond donors (Lipinski definition) is 3. The molecule has 212 valence electrons. The van der Waals surface area contributed by atoms with Crippen LogP contribution in [0, 0.1) is 0 Å². The molecule has 1 atom stereocenters. The van der Waals surface area contributed by atoms with Gasteiger partial charge in [0.25, 0.3) is 5.91 Å². The summed E-state index contributed by atoms with van der Waals surface area (Å²) in [5, 5.41) is 19.7. The third kappa shape index (κ3) is 6.73. The Morgan fingerprint density at radius 1 is 1.34 bits per heavy atom. The van der Waals surface area contributed by atoms with Crippen molar-refractivity contribution in [3.63, 3.8) is 0 Å². The topological polar surface area (TPSA) is 123 Å². The smallest absolute Gasteiger partial charge is 0.408 e. The number of rotatable bonds is 9. The van der Waals surface area contributed by atoms with Crippen LogP contribution in [0.25, 0.3) is 11.3 Å². The average Bonchev–Trinajstić information content (AvgIpc) is 3.17. The van der Waals surface area contributed by atoms with E-state index in [2.05, 4.69) is 15.7 Å². The van der Waals surface area contributed by atoms with Crippen LogP contribution in [-0.2, 0) is 16.4 Å². The molecule has 1 aliphatic carbocycles. The van der Waals surface area contributed by atoms with Crippen molar-refractivity contribution in [3.05, 3.63) is 28.9 Å². The minimum absolute atomic E-state index is 0.0137. The Bertz CT molecular complexity index is 1270. The number of hydrogen-bond acceptors (Lipinski definition) is 7. The minimum atomic E-state index is -4.43. The van der Waals surface area contributed by atoms with Crippen LogP contribution in [-0.4, -0.2) is 72.2 Å². The molecule has 14 heteroatoms. The first-order valence-electron chi connectivity index (χ1n) is 12.1. The van der Waals surface area contributed by atoms with Crippen molar-refractivity contribution in [2.75, 3.05) is 25.2 Å². The highest BCUT2D eigenvalue weighted by Crippen LogP contribution is 2.39. The number of aromatic nitrogens is 2. The van der Waals surface area contributed by atoms with Crippen molar-refractivity contribution >= 4 is 33.0 Å². The first-order valence-corrected chi connectivity index (χ1v) is 14.4. The quantitative estimate of drug-likeness (QED) is 0.409. The number of sulfone groups is 1. The number of carbonyl (C=O) groups excluding carboxylic acids is 1. The molecular weight excluding hydrogens is 549 g/mol. The predicted octanol–water partition coefficient (Wildman–Crippen LogP) is 4.04. The summed E-state index contributed by atoms with van der Waals surface area (Å²) in [5.74, 6) is -0.400. The number of nitrogens with zero attached hydrogens (tertiary/aromatic N) is 2. The van der Waals surface area contributed by atoms with Gasteiger partial charge in [-0.2, -0.15) is 18.3 Å². The Morgan fingerprint density at radius 3 is 2.50 bits per heavy atom.